The van der Waals surface area contributed by atoms with Crippen molar-refractivity contribution in [1.29, 1.82) is 0 Å². The average Bonchev–Trinajstić information content (AvgIpc) is 1.66. The molecular weight excluding hydrogens is 1380 g/mol. The SMILES string of the molecule is C=C1C=Cc2cc(C(=O)N3CCNCC3)[nH]c2N1c1ccc(Cl)cc1.C=C1C=Cc2cc(C(=O)NCCN3CCCC3)[nH]c2N1c1ccc(Cl)cc1.C=C1C=Cc2cc(C(=O)NCc3nc4ccccc4[nH]3)[nH]c2N1c1ccc(Cl)cc1.C=C1C=Cc2cc(C(N)=O)[nH]c2N1c1ccc(OC(C)C)cc1. The Hall–Kier alpha value is -11.7. The van der Waals surface area contributed by atoms with Crippen molar-refractivity contribution in [2.45, 2.75) is 39.3 Å². The van der Waals surface area contributed by atoms with Crippen LogP contribution in [0.25, 0.3) is 35.3 Å². The second-order valence-corrected chi connectivity index (χ2v) is 27.1. The van der Waals surface area contributed by atoms with Gasteiger partial charge in [-0.05, 0) is 222 Å². The van der Waals surface area contributed by atoms with Crippen molar-refractivity contribution in [1.82, 2.24) is 55.7 Å². The molecule has 6 aliphatic rings. The highest BCUT2D eigenvalue weighted by Gasteiger charge is 2.29. The number of carbonyl (C=O) groups excluding carboxylic acids is 4. The molecule has 2 saturated heterocycles. The summed E-state index contributed by atoms with van der Waals surface area (Å²) in [5.74, 6) is 4.04. The molecule has 10 aromatic rings. The maximum atomic E-state index is 12.8. The molecule has 4 amide bonds. The third kappa shape index (κ3) is 16.5. The standard InChI is InChI=1S/C23H18ClN5O.C21H23ClN4O.C19H19ClN4O.C18H19N3O2/c1-14-6-7-15-12-20(28-22(15)29(14)17-10-8-16(24)9-11-17)23(30)25-13-21-26-18-4-2-3-5-19(18)27-21;1-15-4-5-16-14-19(21(27)23-10-13-25-11-2-3-12-25)24-20(16)26(15)18-8-6-17(22)7-9-18;1-13-2-3-14-12-17(19(25)23-10-8-21-9-11-23)22-18(14)24(13)16-6-4-15(20)5-7-16;1-11(2)23-15-8-6-14(7-9-15)21-12(3)4-5-13-10-16(17(19)22)20-18(13)21/h2-12,28H,1,13H2,(H,25,30)(H,26,27);4-9,14,24H,1-3,10-13H2,(H,23,27);2-7,12,21-22H,1,8-11H2;4-11,20H,3H2,1-2H3,(H2,19,22). The van der Waals surface area contributed by atoms with Gasteiger partial charge >= 0.3 is 0 Å². The number of halogens is 3. The van der Waals surface area contributed by atoms with Gasteiger partial charge in [-0.1, -0.05) is 73.3 Å². The van der Waals surface area contributed by atoms with Gasteiger partial charge in [0.1, 0.15) is 57.6 Å². The largest absolute Gasteiger partial charge is 0.491 e. The topological polar surface area (TPSA) is 251 Å². The summed E-state index contributed by atoms with van der Waals surface area (Å²) < 4.78 is 5.66. The molecule has 5 aromatic carbocycles. The second kappa shape index (κ2) is 31.9. The van der Waals surface area contributed by atoms with E-state index in [-0.39, 0.29) is 23.8 Å². The van der Waals surface area contributed by atoms with Gasteiger partial charge < -0.3 is 61.1 Å². The number of hydrogen-bond donors (Lipinski definition) is 9. The second-order valence-electron chi connectivity index (χ2n) is 25.8. The Morgan fingerprint density at radius 3 is 1.34 bits per heavy atom. The molecule has 105 heavy (non-hydrogen) atoms. The molecule has 10 N–H and O–H groups in total. The number of carbonyl (C=O) groups is 4. The van der Waals surface area contributed by atoms with Crippen LogP contribution in [0.1, 0.15) is 96.7 Å². The number of piperazine rings is 1. The number of aromatic amines is 5. The number of likely N-dealkylation sites (tertiary alicyclic amines) is 1. The van der Waals surface area contributed by atoms with Crippen molar-refractivity contribution in [2.75, 3.05) is 72.0 Å². The molecule has 0 saturated carbocycles. The van der Waals surface area contributed by atoms with Crippen LogP contribution in [0.5, 0.6) is 5.75 Å². The molecule has 0 unspecified atom stereocenters. The number of benzene rings is 5. The lowest BCUT2D eigenvalue weighted by Gasteiger charge is -2.28. The van der Waals surface area contributed by atoms with E-state index in [1.165, 1.54) is 12.8 Å². The van der Waals surface area contributed by atoms with E-state index in [1.54, 1.807) is 6.07 Å². The van der Waals surface area contributed by atoms with Crippen LogP contribution in [0.15, 0.2) is 219 Å². The summed E-state index contributed by atoms with van der Waals surface area (Å²) in [7, 11) is 0. The van der Waals surface area contributed by atoms with E-state index in [9.17, 15) is 19.2 Å². The predicted molar refractivity (Wildman–Crippen MR) is 424 cm³/mol. The van der Waals surface area contributed by atoms with Gasteiger partial charge in [-0.25, -0.2) is 4.98 Å². The predicted octanol–water partition coefficient (Wildman–Crippen LogP) is 16.3. The Bertz CT molecular complexity index is 5030. The highest BCUT2D eigenvalue weighted by Crippen LogP contribution is 2.42. The number of nitrogens with zero attached hydrogens (tertiary/aromatic N) is 7. The summed E-state index contributed by atoms with van der Waals surface area (Å²) in [6.07, 6.45) is 18.2. The van der Waals surface area contributed by atoms with Crippen LogP contribution in [0, 0.1) is 0 Å². The zero-order valence-electron chi connectivity index (χ0n) is 58.0. The first-order chi connectivity index (χ1) is 50.8. The number of ether oxygens (including phenoxy) is 1. The van der Waals surface area contributed by atoms with Gasteiger partial charge in [0, 0.05) is 122 Å². The highest BCUT2D eigenvalue weighted by atomic mass is 35.5. The number of H-pyrrole nitrogens is 5. The molecule has 16 rings (SSSR count). The first-order valence-corrected chi connectivity index (χ1v) is 35.6. The summed E-state index contributed by atoms with van der Waals surface area (Å²) in [6.45, 7) is 27.7. The number of para-hydroxylation sites is 2. The Balaban J connectivity index is 0.000000125. The van der Waals surface area contributed by atoms with Crippen molar-refractivity contribution in [3.05, 3.63) is 285 Å². The molecule has 534 valence electrons. The van der Waals surface area contributed by atoms with Gasteiger partial charge in [0.05, 0.1) is 23.7 Å². The number of hydrogen-bond acceptors (Lipinski definition) is 12. The number of amides is 4. The monoisotopic (exact) mass is 1460 g/mol. The quantitative estimate of drug-likeness (QED) is 0.0465. The fraction of sp³-hybridized carbons (Fsp3) is 0.173. The van der Waals surface area contributed by atoms with Gasteiger partial charge in [0.25, 0.3) is 23.6 Å². The summed E-state index contributed by atoms with van der Waals surface area (Å²) >= 11 is 18.0. The molecule has 24 heteroatoms. The number of anilines is 8. The number of imidazole rings is 1. The molecule has 0 spiro atoms. The first-order valence-electron chi connectivity index (χ1n) is 34.4. The number of nitrogens with two attached hydrogens (primary N) is 1. The van der Waals surface area contributed by atoms with Gasteiger partial charge in [0.2, 0.25) is 0 Å². The van der Waals surface area contributed by atoms with Gasteiger partial charge in [-0.2, -0.15) is 0 Å². The Kier molecular flexibility index (Phi) is 21.8. The summed E-state index contributed by atoms with van der Waals surface area (Å²) in [6, 6.07) is 45.5. The molecule has 0 atom stereocenters. The van der Waals surface area contributed by atoms with Gasteiger partial charge in [-0.3, -0.25) is 38.8 Å². The Morgan fingerprint density at radius 1 is 0.505 bits per heavy atom. The van der Waals surface area contributed by atoms with Crippen LogP contribution < -0.4 is 46.0 Å². The minimum atomic E-state index is -0.487. The zero-order chi connectivity index (χ0) is 73.4. The van der Waals surface area contributed by atoms with E-state index >= 15 is 0 Å². The molecule has 2 fully saturated rings. The van der Waals surface area contributed by atoms with Crippen LogP contribution in [0.3, 0.4) is 0 Å². The third-order valence-corrected chi connectivity index (χ3v) is 18.8. The Morgan fingerprint density at radius 2 is 0.905 bits per heavy atom. The molecule has 21 nitrogen and oxygen atoms in total. The molecular formula is C81H79Cl3N16O5. The van der Waals surface area contributed by atoms with E-state index in [1.807, 2.05) is 226 Å². The molecule has 0 aliphatic carbocycles. The minimum Gasteiger partial charge on any atom is -0.491 e. The van der Waals surface area contributed by atoms with E-state index in [0.29, 0.717) is 56.8 Å². The van der Waals surface area contributed by atoms with E-state index in [0.717, 1.165) is 154 Å². The zero-order valence-corrected chi connectivity index (χ0v) is 60.3. The van der Waals surface area contributed by atoms with Crippen LogP contribution >= 0.6 is 34.8 Å². The van der Waals surface area contributed by atoms with Crippen molar-refractivity contribution in [3.8, 4) is 5.75 Å². The number of primary amides is 1. The van der Waals surface area contributed by atoms with Crippen LogP contribution in [-0.4, -0.2) is 122 Å². The minimum absolute atomic E-state index is 0.0333. The fourth-order valence-corrected chi connectivity index (χ4v) is 13.3. The van der Waals surface area contributed by atoms with E-state index in [4.69, 9.17) is 45.3 Å². The fourth-order valence-electron chi connectivity index (χ4n) is 12.9. The number of aromatic nitrogens is 6. The van der Waals surface area contributed by atoms with E-state index < -0.39 is 5.91 Å². The highest BCUT2D eigenvalue weighted by molar-refractivity contribution is 6.31. The number of fused-ring (bicyclic) bond motifs is 5. The van der Waals surface area contributed by atoms with Crippen LogP contribution in [0.4, 0.5) is 46.0 Å². The molecule has 5 aromatic heterocycles. The van der Waals surface area contributed by atoms with Crippen molar-refractivity contribution >= 4 is 140 Å². The molecule has 0 radical (unpaired) electrons. The lowest BCUT2D eigenvalue weighted by atomic mass is 10.1. The first kappa shape index (κ1) is 71.7. The summed E-state index contributed by atoms with van der Waals surface area (Å²) in [4.78, 5) is 82.2. The number of nitrogens with one attached hydrogen (secondary N) is 8. The number of rotatable bonds is 15. The summed E-state index contributed by atoms with van der Waals surface area (Å²) in [5, 5.41) is 11.2. The molecule has 0 bridgehead atoms. The normalized spacial score (nSPS) is 14.9. The maximum Gasteiger partial charge on any atom is 0.270 e. The summed E-state index contributed by atoms with van der Waals surface area (Å²) in [5.41, 5.74) is 19.9. The third-order valence-electron chi connectivity index (χ3n) is 18.0. The van der Waals surface area contributed by atoms with Crippen LogP contribution in [0.2, 0.25) is 15.1 Å². The lowest BCUT2D eigenvalue weighted by molar-refractivity contribution is 0.0730. The van der Waals surface area contributed by atoms with Crippen molar-refractivity contribution in [2.24, 2.45) is 5.73 Å². The number of allylic oxidation sites excluding steroid dienone is 4. The van der Waals surface area contributed by atoms with Gasteiger partial charge in [-0.15, -0.1) is 0 Å². The van der Waals surface area contributed by atoms with Gasteiger partial charge in [0.15, 0.2) is 0 Å². The van der Waals surface area contributed by atoms with E-state index in [2.05, 4.69) is 77.1 Å². The smallest absolute Gasteiger partial charge is 0.270 e. The van der Waals surface area contributed by atoms with Crippen molar-refractivity contribution in [3.63, 3.8) is 0 Å². The molecule has 6 aliphatic heterocycles. The van der Waals surface area contributed by atoms with Crippen LogP contribution in [-0.2, 0) is 6.54 Å². The van der Waals surface area contributed by atoms with Crippen molar-refractivity contribution < 1.29 is 23.9 Å². The molecule has 11 heterocycles. The lowest BCUT2D eigenvalue weighted by Crippen LogP contribution is -2.46. The maximum absolute atomic E-state index is 12.8. The average molecular weight is 1460 g/mol. The Labute approximate surface area is 623 Å².